The number of halogens is 1. The number of benzene rings is 1. The van der Waals surface area contributed by atoms with E-state index in [2.05, 4.69) is 15.9 Å². The molecule has 5 nitrogen and oxygen atoms in total. The number of hydrogen-bond acceptors (Lipinski definition) is 4. The van der Waals surface area contributed by atoms with Gasteiger partial charge in [-0.3, -0.25) is 10.1 Å². The molecule has 7 heteroatoms. The van der Waals surface area contributed by atoms with Gasteiger partial charge in [-0.15, -0.1) is 0 Å². The molecule has 0 saturated heterocycles. The molecule has 0 bridgehead atoms. The van der Waals surface area contributed by atoms with Gasteiger partial charge in [0.25, 0.3) is 5.69 Å². The first-order chi connectivity index (χ1) is 7.86. The lowest BCUT2D eigenvalue weighted by Gasteiger charge is -2.08. The highest BCUT2D eigenvalue weighted by Gasteiger charge is 2.18. The summed E-state index contributed by atoms with van der Waals surface area (Å²) in [4.78, 5) is 10.00. The second kappa shape index (κ2) is 5.59. The van der Waals surface area contributed by atoms with Crippen LogP contribution in [0.15, 0.2) is 29.2 Å². The molecule has 94 valence electrons. The van der Waals surface area contributed by atoms with Crippen LogP contribution < -0.4 is 0 Å². The standard InChI is InChI=1S/C10H12BrNO4S/c1-8(6-11)7-17(15,16)10-4-2-9(3-5-10)12(13)14/h2-5,8H,6-7H2,1H3. The predicted molar refractivity (Wildman–Crippen MR) is 68.1 cm³/mol. The normalized spacial score (nSPS) is 13.3. The summed E-state index contributed by atoms with van der Waals surface area (Å²) in [5, 5.41) is 11.0. The van der Waals surface area contributed by atoms with Crippen molar-refractivity contribution in [2.75, 3.05) is 11.1 Å². The molecule has 0 fully saturated rings. The number of non-ortho nitro benzene ring substituents is 1. The Morgan fingerprint density at radius 2 is 1.88 bits per heavy atom. The molecule has 1 aromatic rings. The van der Waals surface area contributed by atoms with E-state index < -0.39 is 14.8 Å². The maximum atomic E-state index is 11.9. The number of alkyl halides is 1. The first kappa shape index (κ1) is 14.1. The molecule has 1 unspecified atom stereocenters. The summed E-state index contributed by atoms with van der Waals surface area (Å²) in [5.74, 6) is 0.0194. The number of nitro groups is 1. The molecule has 0 aromatic heterocycles. The lowest BCUT2D eigenvalue weighted by atomic mass is 10.3. The highest BCUT2D eigenvalue weighted by Crippen LogP contribution is 2.19. The maximum Gasteiger partial charge on any atom is 0.269 e. The van der Waals surface area contributed by atoms with Gasteiger partial charge in [0.2, 0.25) is 0 Å². The summed E-state index contributed by atoms with van der Waals surface area (Å²) in [5.41, 5.74) is -0.113. The predicted octanol–water partition coefficient (Wildman–Crippen LogP) is 2.40. The van der Waals surface area contributed by atoms with Gasteiger partial charge in [-0.25, -0.2) is 8.42 Å². The largest absolute Gasteiger partial charge is 0.269 e. The Bertz CT molecular complexity index is 498. The van der Waals surface area contributed by atoms with Crippen molar-refractivity contribution >= 4 is 31.5 Å². The van der Waals surface area contributed by atoms with E-state index in [1.807, 2.05) is 6.92 Å². The third kappa shape index (κ3) is 3.78. The molecule has 0 saturated carbocycles. The Labute approximate surface area is 108 Å². The minimum atomic E-state index is -3.37. The van der Waals surface area contributed by atoms with Crippen LogP contribution in [0.1, 0.15) is 6.92 Å². The molecule has 0 aliphatic heterocycles. The fraction of sp³-hybridized carbons (Fsp3) is 0.400. The summed E-state index contributed by atoms with van der Waals surface area (Å²) in [6.07, 6.45) is 0. The van der Waals surface area contributed by atoms with Gasteiger partial charge in [0, 0.05) is 17.5 Å². The van der Waals surface area contributed by atoms with Crippen LogP contribution in [-0.4, -0.2) is 24.4 Å². The summed E-state index contributed by atoms with van der Waals surface area (Å²) in [6, 6.07) is 4.94. The molecular weight excluding hydrogens is 310 g/mol. The molecule has 0 amide bonds. The van der Waals surface area contributed by atoms with Crippen molar-refractivity contribution in [2.45, 2.75) is 11.8 Å². The van der Waals surface area contributed by atoms with Crippen molar-refractivity contribution in [3.8, 4) is 0 Å². The zero-order valence-electron chi connectivity index (χ0n) is 9.17. The first-order valence-corrected chi connectivity index (χ1v) is 7.67. The molecule has 0 radical (unpaired) electrons. The number of nitrogens with zero attached hydrogens (tertiary/aromatic N) is 1. The average molecular weight is 322 g/mol. The number of hydrogen-bond donors (Lipinski definition) is 0. The van der Waals surface area contributed by atoms with Crippen LogP contribution in [-0.2, 0) is 9.84 Å². The van der Waals surface area contributed by atoms with Crippen molar-refractivity contribution in [3.05, 3.63) is 34.4 Å². The van der Waals surface area contributed by atoms with Crippen LogP contribution in [0.3, 0.4) is 0 Å². The SMILES string of the molecule is CC(CBr)CS(=O)(=O)c1ccc([N+](=O)[O-])cc1. The highest BCUT2D eigenvalue weighted by molar-refractivity contribution is 9.09. The van der Waals surface area contributed by atoms with E-state index >= 15 is 0 Å². The highest BCUT2D eigenvalue weighted by atomic mass is 79.9. The summed E-state index contributed by atoms with van der Waals surface area (Å²) >= 11 is 3.22. The van der Waals surface area contributed by atoms with Gasteiger partial charge < -0.3 is 0 Å². The first-order valence-electron chi connectivity index (χ1n) is 4.90. The van der Waals surface area contributed by atoms with E-state index in [4.69, 9.17) is 0 Å². The Kier molecular flexibility index (Phi) is 4.64. The topological polar surface area (TPSA) is 77.3 Å². The molecule has 0 aliphatic rings. The van der Waals surface area contributed by atoms with Gasteiger partial charge in [0.05, 0.1) is 15.6 Å². The Morgan fingerprint density at radius 1 is 1.35 bits per heavy atom. The minimum Gasteiger partial charge on any atom is -0.258 e. The Hall–Kier alpha value is -0.950. The molecule has 0 aliphatic carbocycles. The van der Waals surface area contributed by atoms with E-state index in [0.717, 1.165) is 0 Å². The number of nitro benzene ring substituents is 1. The molecule has 0 spiro atoms. The van der Waals surface area contributed by atoms with Crippen molar-refractivity contribution in [1.82, 2.24) is 0 Å². The van der Waals surface area contributed by atoms with Gasteiger partial charge in [0.1, 0.15) is 0 Å². The van der Waals surface area contributed by atoms with Crippen molar-refractivity contribution in [1.29, 1.82) is 0 Å². The second-order valence-electron chi connectivity index (χ2n) is 3.79. The van der Waals surface area contributed by atoms with E-state index in [1.165, 1.54) is 24.3 Å². The minimum absolute atomic E-state index is 0.00445. The molecule has 17 heavy (non-hydrogen) atoms. The smallest absolute Gasteiger partial charge is 0.258 e. The summed E-state index contributed by atoms with van der Waals surface area (Å²) < 4.78 is 23.8. The van der Waals surface area contributed by atoms with E-state index in [-0.39, 0.29) is 22.3 Å². The Morgan fingerprint density at radius 3 is 2.29 bits per heavy atom. The van der Waals surface area contributed by atoms with Crippen molar-refractivity contribution < 1.29 is 13.3 Å². The van der Waals surface area contributed by atoms with Gasteiger partial charge in [-0.1, -0.05) is 22.9 Å². The molecule has 1 rings (SSSR count). The maximum absolute atomic E-state index is 11.9. The summed E-state index contributed by atoms with van der Waals surface area (Å²) in [6.45, 7) is 1.82. The van der Waals surface area contributed by atoms with E-state index in [9.17, 15) is 18.5 Å². The van der Waals surface area contributed by atoms with Crippen LogP contribution in [0.5, 0.6) is 0 Å². The molecule has 0 heterocycles. The van der Waals surface area contributed by atoms with Crippen LogP contribution in [0.4, 0.5) is 5.69 Å². The third-order valence-electron chi connectivity index (χ3n) is 2.17. The second-order valence-corrected chi connectivity index (χ2v) is 6.47. The van der Waals surface area contributed by atoms with Gasteiger partial charge >= 0.3 is 0 Å². The molecule has 1 aromatic carbocycles. The fourth-order valence-corrected chi connectivity index (χ4v) is 3.43. The fourth-order valence-electron chi connectivity index (χ4n) is 1.29. The lowest BCUT2D eigenvalue weighted by Crippen LogP contribution is -2.15. The quantitative estimate of drug-likeness (QED) is 0.474. The molecule has 1 atom stereocenters. The van der Waals surface area contributed by atoms with E-state index in [0.29, 0.717) is 5.33 Å². The average Bonchev–Trinajstić information content (AvgIpc) is 2.28. The Balaban J connectivity index is 2.96. The molecule has 0 N–H and O–H groups in total. The third-order valence-corrected chi connectivity index (χ3v) is 5.28. The molecular formula is C10H12BrNO4S. The van der Waals surface area contributed by atoms with E-state index in [1.54, 1.807) is 0 Å². The monoisotopic (exact) mass is 321 g/mol. The van der Waals surface area contributed by atoms with Crippen molar-refractivity contribution in [3.63, 3.8) is 0 Å². The van der Waals surface area contributed by atoms with Crippen LogP contribution in [0.25, 0.3) is 0 Å². The van der Waals surface area contributed by atoms with Crippen LogP contribution in [0.2, 0.25) is 0 Å². The number of rotatable bonds is 5. The van der Waals surface area contributed by atoms with Gasteiger partial charge in [0.15, 0.2) is 9.84 Å². The number of sulfone groups is 1. The van der Waals surface area contributed by atoms with Gasteiger partial charge in [-0.2, -0.15) is 0 Å². The zero-order chi connectivity index (χ0) is 13.1. The summed E-state index contributed by atoms with van der Waals surface area (Å²) in [7, 11) is -3.37. The van der Waals surface area contributed by atoms with Crippen LogP contribution in [0, 0.1) is 16.0 Å². The van der Waals surface area contributed by atoms with Crippen LogP contribution >= 0.6 is 15.9 Å². The van der Waals surface area contributed by atoms with Gasteiger partial charge in [-0.05, 0) is 18.1 Å². The zero-order valence-corrected chi connectivity index (χ0v) is 11.6. The lowest BCUT2D eigenvalue weighted by molar-refractivity contribution is -0.384. The van der Waals surface area contributed by atoms with Crippen molar-refractivity contribution in [2.24, 2.45) is 5.92 Å².